The van der Waals surface area contributed by atoms with Crippen molar-refractivity contribution in [3.63, 3.8) is 0 Å². The molecular weight excluding hydrogens is 208 g/mol. The van der Waals surface area contributed by atoms with Crippen LogP contribution in [0, 0.1) is 6.92 Å². The van der Waals surface area contributed by atoms with E-state index < -0.39 is 0 Å². The quantitative estimate of drug-likeness (QED) is 0.843. The van der Waals surface area contributed by atoms with Gasteiger partial charge in [-0.15, -0.1) is 0 Å². The highest BCUT2D eigenvalue weighted by molar-refractivity contribution is 5.50. The summed E-state index contributed by atoms with van der Waals surface area (Å²) in [5.41, 5.74) is 2.95. The van der Waals surface area contributed by atoms with Crippen LogP contribution >= 0.6 is 0 Å². The van der Waals surface area contributed by atoms with Gasteiger partial charge in [0.25, 0.3) is 0 Å². The Labute approximate surface area is 105 Å². The summed E-state index contributed by atoms with van der Waals surface area (Å²) in [6, 6.07) is 9.40. The zero-order valence-electron chi connectivity index (χ0n) is 11.5. The van der Waals surface area contributed by atoms with Crippen LogP contribution in [0.25, 0.3) is 0 Å². The molecule has 1 heterocycles. The number of nitrogens with zero attached hydrogens (tertiary/aromatic N) is 1. The third kappa shape index (κ3) is 2.63. The van der Waals surface area contributed by atoms with Crippen molar-refractivity contribution in [3.8, 4) is 0 Å². The second-order valence-electron chi connectivity index (χ2n) is 5.61. The molecule has 94 valence electrons. The van der Waals surface area contributed by atoms with Crippen molar-refractivity contribution in [3.05, 3.63) is 29.8 Å². The Kier molecular flexibility index (Phi) is 3.43. The summed E-state index contributed by atoms with van der Waals surface area (Å²) >= 11 is 0. The van der Waals surface area contributed by atoms with Crippen molar-refractivity contribution in [2.24, 2.45) is 0 Å². The van der Waals surface area contributed by atoms with Gasteiger partial charge in [-0.3, -0.25) is 0 Å². The normalized spacial score (nSPS) is 29.4. The van der Waals surface area contributed by atoms with Crippen LogP contribution in [-0.4, -0.2) is 24.7 Å². The fourth-order valence-corrected chi connectivity index (χ4v) is 2.48. The van der Waals surface area contributed by atoms with E-state index in [4.69, 9.17) is 0 Å². The minimum absolute atomic E-state index is 0.246. The van der Waals surface area contributed by atoms with Crippen molar-refractivity contribution in [2.45, 2.75) is 45.7 Å². The molecule has 2 nitrogen and oxygen atoms in total. The van der Waals surface area contributed by atoms with Crippen LogP contribution in [0.5, 0.6) is 0 Å². The fourth-order valence-electron chi connectivity index (χ4n) is 2.48. The van der Waals surface area contributed by atoms with Crippen molar-refractivity contribution in [1.29, 1.82) is 0 Å². The molecule has 0 aromatic heterocycles. The zero-order valence-corrected chi connectivity index (χ0v) is 11.5. The van der Waals surface area contributed by atoms with Gasteiger partial charge >= 0.3 is 0 Å². The summed E-state index contributed by atoms with van der Waals surface area (Å²) in [5.74, 6) is 0. The van der Waals surface area contributed by atoms with E-state index in [0.29, 0.717) is 6.04 Å². The van der Waals surface area contributed by atoms with Crippen LogP contribution in [0.2, 0.25) is 0 Å². The number of hydrogen-bond acceptors (Lipinski definition) is 2. The number of anilines is 1. The minimum atomic E-state index is 0.246. The van der Waals surface area contributed by atoms with Gasteiger partial charge in [0, 0.05) is 30.4 Å². The van der Waals surface area contributed by atoms with Crippen molar-refractivity contribution < 1.29 is 0 Å². The Hall–Kier alpha value is -1.02. The summed E-state index contributed by atoms with van der Waals surface area (Å²) < 4.78 is 0. The Morgan fingerprint density at radius 3 is 2.88 bits per heavy atom. The number of piperazine rings is 1. The van der Waals surface area contributed by atoms with E-state index in [0.717, 1.165) is 13.1 Å². The Morgan fingerprint density at radius 2 is 2.24 bits per heavy atom. The maximum atomic E-state index is 3.67. The Balaban J connectivity index is 2.24. The first kappa shape index (κ1) is 12.4. The smallest absolute Gasteiger partial charge is 0.0387 e. The molecular formula is C15H24N2. The van der Waals surface area contributed by atoms with Gasteiger partial charge in [0.15, 0.2) is 0 Å². The fraction of sp³-hybridized carbons (Fsp3) is 0.600. The van der Waals surface area contributed by atoms with Crippen molar-refractivity contribution in [2.75, 3.05) is 18.0 Å². The molecule has 0 amide bonds. The zero-order chi connectivity index (χ0) is 12.5. The molecule has 2 heteroatoms. The van der Waals surface area contributed by atoms with Crippen LogP contribution in [-0.2, 0) is 0 Å². The lowest BCUT2D eigenvalue weighted by molar-refractivity contribution is 0.285. The second kappa shape index (κ2) is 4.69. The van der Waals surface area contributed by atoms with E-state index in [1.165, 1.54) is 17.7 Å². The molecule has 1 aliphatic heterocycles. The Bertz CT molecular complexity index is 388. The molecule has 1 aromatic carbocycles. The van der Waals surface area contributed by atoms with E-state index >= 15 is 0 Å². The number of nitrogens with one attached hydrogen (secondary N) is 1. The van der Waals surface area contributed by atoms with E-state index in [1.807, 2.05) is 0 Å². The van der Waals surface area contributed by atoms with Crippen LogP contribution < -0.4 is 10.2 Å². The van der Waals surface area contributed by atoms with E-state index in [1.54, 1.807) is 0 Å². The largest absolute Gasteiger partial charge is 0.366 e. The minimum Gasteiger partial charge on any atom is -0.366 e. The maximum absolute atomic E-state index is 3.67. The molecule has 0 spiro atoms. The third-order valence-electron chi connectivity index (χ3n) is 3.99. The summed E-state index contributed by atoms with van der Waals surface area (Å²) in [4.78, 5) is 2.53. The molecule has 0 radical (unpaired) electrons. The number of aryl methyl sites for hydroxylation is 1. The van der Waals surface area contributed by atoms with Gasteiger partial charge in [-0.05, 0) is 44.9 Å². The molecule has 0 saturated carbocycles. The van der Waals surface area contributed by atoms with E-state index in [2.05, 4.69) is 62.2 Å². The molecule has 1 aromatic rings. The van der Waals surface area contributed by atoms with Gasteiger partial charge in [-0.2, -0.15) is 0 Å². The summed E-state index contributed by atoms with van der Waals surface area (Å²) in [7, 11) is 0. The monoisotopic (exact) mass is 232 g/mol. The standard InChI is InChI=1S/C15H24N2/c1-5-15(4)11-17(13(3)10-16-15)14-8-6-7-12(2)9-14/h6-9,13,16H,5,10-11H2,1-4H3. The van der Waals surface area contributed by atoms with Gasteiger partial charge in [-0.1, -0.05) is 19.1 Å². The first-order valence-corrected chi connectivity index (χ1v) is 6.62. The van der Waals surface area contributed by atoms with E-state index in [-0.39, 0.29) is 5.54 Å². The molecule has 17 heavy (non-hydrogen) atoms. The molecule has 2 unspecified atom stereocenters. The summed E-state index contributed by atoms with van der Waals surface area (Å²) in [6.45, 7) is 11.2. The van der Waals surface area contributed by atoms with Gasteiger partial charge < -0.3 is 10.2 Å². The predicted molar refractivity (Wildman–Crippen MR) is 74.7 cm³/mol. The van der Waals surface area contributed by atoms with Crippen LogP contribution in [0.4, 0.5) is 5.69 Å². The lowest BCUT2D eigenvalue weighted by atomic mass is 9.93. The number of hydrogen-bond donors (Lipinski definition) is 1. The van der Waals surface area contributed by atoms with Gasteiger partial charge in [-0.25, -0.2) is 0 Å². The number of rotatable bonds is 2. The van der Waals surface area contributed by atoms with E-state index in [9.17, 15) is 0 Å². The number of benzene rings is 1. The SMILES string of the molecule is CCC1(C)CN(c2cccc(C)c2)C(C)CN1. The van der Waals surface area contributed by atoms with Gasteiger partial charge in [0.1, 0.15) is 0 Å². The molecule has 1 aliphatic rings. The molecule has 0 aliphatic carbocycles. The average molecular weight is 232 g/mol. The average Bonchev–Trinajstić information content (AvgIpc) is 2.33. The molecule has 2 rings (SSSR count). The second-order valence-corrected chi connectivity index (χ2v) is 5.61. The molecule has 1 saturated heterocycles. The topological polar surface area (TPSA) is 15.3 Å². The highest BCUT2D eigenvalue weighted by Gasteiger charge is 2.32. The third-order valence-corrected chi connectivity index (χ3v) is 3.99. The van der Waals surface area contributed by atoms with Gasteiger partial charge in [0.05, 0.1) is 0 Å². The summed E-state index contributed by atoms with van der Waals surface area (Å²) in [6.07, 6.45) is 1.17. The molecule has 1 fully saturated rings. The first-order chi connectivity index (χ1) is 8.04. The first-order valence-electron chi connectivity index (χ1n) is 6.62. The van der Waals surface area contributed by atoms with Crippen LogP contribution in [0.1, 0.15) is 32.8 Å². The van der Waals surface area contributed by atoms with Crippen molar-refractivity contribution >= 4 is 5.69 Å². The maximum Gasteiger partial charge on any atom is 0.0387 e. The lowest BCUT2D eigenvalue weighted by Crippen LogP contribution is -2.62. The molecule has 0 bridgehead atoms. The van der Waals surface area contributed by atoms with Gasteiger partial charge in [0.2, 0.25) is 0 Å². The van der Waals surface area contributed by atoms with Crippen LogP contribution in [0.15, 0.2) is 24.3 Å². The summed E-state index contributed by atoms with van der Waals surface area (Å²) in [5, 5.41) is 3.67. The highest BCUT2D eigenvalue weighted by atomic mass is 15.2. The molecule has 1 N–H and O–H groups in total. The Morgan fingerprint density at radius 1 is 1.47 bits per heavy atom. The van der Waals surface area contributed by atoms with Crippen LogP contribution in [0.3, 0.4) is 0 Å². The molecule has 2 atom stereocenters. The lowest BCUT2D eigenvalue weighted by Gasteiger charge is -2.46. The predicted octanol–water partition coefficient (Wildman–Crippen LogP) is 2.96. The van der Waals surface area contributed by atoms with Crippen molar-refractivity contribution in [1.82, 2.24) is 5.32 Å². The highest BCUT2D eigenvalue weighted by Crippen LogP contribution is 2.25.